The van der Waals surface area contributed by atoms with Crippen LogP contribution in [0.15, 0.2) is 48.8 Å². The Hall–Kier alpha value is -3.16. The van der Waals surface area contributed by atoms with Gasteiger partial charge in [-0.3, -0.25) is 9.69 Å². The minimum atomic E-state index is -0.799. The van der Waals surface area contributed by atoms with Crippen molar-refractivity contribution in [3.05, 3.63) is 60.0 Å². The molecule has 32 heavy (non-hydrogen) atoms. The molecular weight excluding hydrogens is 404 g/mol. The lowest BCUT2D eigenvalue weighted by molar-refractivity contribution is -0.0320. The van der Waals surface area contributed by atoms with Crippen LogP contribution in [0.1, 0.15) is 28.9 Å². The van der Waals surface area contributed by atoms with Crippen LogP contribution < -0.4 is 4.74 Å². The largest absolute Gasteiger partial charge is 0.497 e. The molecule has 0 unspecified atom stereocenters. The number of para-hydroxylation sites is 2. The molecule has 1 fully saturated rings. The zero-order valence-electron chi connectivity index (χ0n) is 18.5. The number of aryl methyl sites for hydroxylation is 1. The van der Waals surface area contributed by atoms with Gasteiger partial charge in [0.25, 0.3) is 0 Å². The van der Waals surface area contributed by atoms with Crippen LogP contribution in [0.25, 0.3) is 21.9 Å². The summed E-state index contributed by atoms with van der Waals surface area (Å²) >= 11 is 0. The second kappa shape index (κ2) is 8.07. The number of aromatic nitrogens is 3. The van der Waals surface area contributed by atoms with E-state index in [-0.39, 0.29) is 5.78 Å². The van der Waals surface area contributed by atoms with Gasteiger partial charge in [0.1, 0.15) is 5.75 Å². The van der Waals surface area contributed by atoms with Crippen LogP contribution in [0.2, 0.25) is 0 Å². The number of aliphatic hydroxyl groups is 1. The van der Waals surface area contributed by atoms with Crippen molar-refractivity contribution in [2.75, 3.05) is 26.7 Å². The Bertz CT molecular complexity index is 1280. The number of H-pyrrole nitrogens is 1. The quantitative estimate of drug-likeness (QED) is 0.456. The zero-order chi connectivity index (χ0) is 22.3. The molecule has 0 saturated carbocycles. The molecule has 0 spiro atoms. The summed E-state index contributed by atoms with van der Waals surface area (Å²) in [6.07, 6.45) is 3.04. The Morgan fingerprint density at radius 1 is 1.22 bits per heavy atom. The predicted molar refractivity (Wildman–Crippen MR) is 124 cm³/mol. The molecular formula is C25H28N4O3. The molecule has 0 radical (unpaired) electrons. The van der Waals surface area contributed by atoms with Crippen molar-refractivity contribution in [1.82, 2.24) is 19.4 Å². The number of hydrogen-bond acceptors (Lipinski definition) is 5. The minimum absolute atomic E-state index is 0.0908. The first-order valence-corrected chi connectivity index (χ1v) is 11.0. The van der Waals surface area contributed by atoms with E-state index < -0.39 is 5.60 Å². The van der Waals surface area contributed by atoms with Gasteiger partial charge >= 0.3 is 0 Å². The van der Waals surface area contributed by atoms with E-state index in [2.05, 4.69) is 14.9 Å². The summed E-state index contributed by atoms with van der Waals surface area (Å²) in [5, 5.41) is 12.1. The fourth-order valence-corrected chi connectivity index (χ4v) is 4.81. The summed E-state index contributed by atoms with van der Waals surface area (Å²) in [4.78, 5) is 23.1. The number of rotatable bonds is 6. The lowest BCUT2D eigenvalue weighted by Gasteiger charge is -2.38. The van der Waals surface area contributed by atoms with E-state index in [1.54, 1.807) is 13.4 Å². The Morgan fingerprint density at radius 3 is 2.78 bits per heavy atom. The SMILES string of the molecule is COc1ccc2[nH]c(C)c(C(=O)CN3CCC(O)(Cn4cnc5ccccc54)CC3)c2c1. The molecule has 0 bridgehead atoms. The average Bonchev–Trinajstić information content (AvgIpc) is 3.34. The van der Waals surface area contributed by atoms with Gasteiger partial charge in [-0.15, -0.1) is 0 Å². The van der Waals surface area contributed by atoms with Gasteiger partial charge < -0.3 is 19.4 Å². The van der Waals surface area contributed by atoms with Crippen molar-refractivity contribution in [1.29, 1.82) is 0 Å². The topological polar surface area (TPSA) is 83.4 Å². The van der Waals surface area contributed by atoms with Crippen molar-refractivity contribution < 1.29 is 14.6 Å². The number of aromatic amines is 1. The van der Waals surface area contributed by atoms with E-state index in [9.17, 15) is 9.90 Å². The number of benzene rings is 2. The third-order valence-corrected chi connectivity index (χ3v) is 6.62. The van der Waals surface area contributed by atoms with E-state index in [0.29, 0.717) is 39.0 Å². The molecule has 1 aliphatic rings. The van der Waals surface area contributed by atoms with Gasteiger partial charge in [0.05, 0.1) is 43.2 Å². The van der Waals surface area contributed by atoms with Crippen LogP contribution in [0, 0.1) is 6.92 Å². The van der Waals surface area contributed by atoms with E-state index in [0.717, 1.165) is 38.9 Å². The molecule has 7 nitrogen and oxygen atoms in total. The van der Waals surface area contributed by atoms with E-state index >= 15 is 0 Å². The number of methoxy groups -OCH3 is 1. The molecule has 2 aromatic heterocycles. The second-order valence-electron chi connectivity index (χ2n) is 8.82. The standard InChI is InChI=1S/C25H28N4O3/c1-17-24(19-13-18(32-2)7-8-20(19)27-17)23(30)14-28-11-9-25(31,10-12-28)15-29-16-26-21-5-3-4-6-22(21)29/h3-8,13,16,27,31H,9-12,14-15H2,1-2H3. The molecule has 0 aliphatic carbocycles. The van der Waals surface area contributed by atoms with Crippen molar-refractivity contribution >= 4 is 27.7 Å². The first-order valence-electron chi connectivity index (χ1n) is 11.0. The Balaban J connectivity index is 1.26. The Labute approximate surface area is 186 Å². The van der Waals surface area contributed by atoms with Gasteiger partial charge in [0.2, 0.25) is 0 Å². The maximum absolute atomic E-state index is 13.2. The number of carbonyl (C=O) groups excluding carboxylic acids is 1. The monoisotopic (exact) mass is 432 g/mol. The number of nitrogens with zero attached hydrogens (tertiary/aromatic N) is 3. The van der Waals surface area contributed by atoms with Gasteiger partial charge in [-0.25, -0.2) is 4.98 Å². The number of Topliss-reactive ketones (excluding diaryl/α,β-unsaturated/α-hetero) is 1. The smallest absolute Gasteiger partial charge is 0.179 e. The highest BCUT2D eigenvalue weighted by molar-refractivity contribution is 6.10. The van der Waals surface area contributed by atoms with Crippen LogP contribution in [-0.4, -0.2) is 62.7 Å². The van der Waals surface area contributed by atoms with Gasteiger partial charge in [0.15, 0.2) is 5.78 Å². The fraction of sp³-hybridized carbons (Fsp3) is 0.360. The maximum atomic E-state index is 13.2. The van der Waals surface area contributed by atoms with E-state index in [1.807, 2.05) is 54.0 Å². The predicted octanol–water partition coefficient (Wildman–Crippen LogP) is 3.54. The van der Waals surface area contributed by atoms with Gasteiger partial charge in [-0.2, -0.15) is 0 Å². The number of ether oxygens (including phenoxy) is 1. The van der Waals surface area contributed by atoms with Crippen molar-refractivity contribution in [3.8, 4) is 5.75 Å². The normalized spacial score (nSPS) is 16.6. The molecule has 5 rings (SSSR count). The van der Waals surface area contributed by atoms with Crippen molar-refractivity contribution in [3.63, 3.8) is 0 Å². The summed E-state index contributed by atoms with van der Waals surface area (Å²) in [5.74, 6) is 0.827. The van der Waals surface area contributed by atoms with E-state index in [1.165, 1.54) is 0 Å². The number of imidazole rings is 1. The highest BCUT2D eigenvalue weighted by Gasteiger charge is 2.34. The Morgan fingerprint density at radius 2 is 2.00 bits per heavy atom. The third-order valence-electron chi connectivity index (χ3n) is 6.62. The summed E-state index contributed by atoms with van der Waals surface area (Å²) < 4.78 is 7.37. The van der Waals surface area contributed by atoms with Crippen LogP contribution in [0.4, 0.5) is 0 Å². The van der Waals surface area contributed by atoms with Crippen LogP contribution in [0.3, 0.4) is 0 Å². The molecule has 4 aromatic rings. The van der Waals surface area contributed by atoms with Gasteiger partial charge in [0, 0.05) is 35.2 Å². The third kappa shape index (κ3) is 3.78. The minimum Gasteiger partial charge on any atom is -0.497 e. The summed E-state index contributed by atoms with van der Waals surface area (Å²) in [6.45, 7) is 4.15. The molecule has 166 valence electrons. The van der Waals surface area contributed by atoms with Crippen molar-refractivity contribution in [2.24, 2.45) is 0 Å². The van der Waals surface area contributed by atoms with Crippen molar-refractivity contribution in [2.45, 2.75) is 31.9 Å². The second-order valence-corrected chi connectivity index (χ2v) is 8.82. The molecule has 0 atom stereocenters. The molecule has 2 aromatic carbocycles. The summed E-state index contributed by atoms with van der Waals surface area (Å²) in [6, 6.07) is 13.7. The molecule has 1 aliphatic heterocycles. The fourth-order valence-electron chi connectivity index (χ4n) is 4.81. The molecule has 2 N–H and O–H groups in total. The van der Waals surface area contributed by atoms with Crippen LogP contribution in [0.5, 0.6) is 5.75 Å². The maximum Gasteiger partial charge on any atom is 0.179 e. The Kier molecular flexibility index (Phi) is 5.23. The molecule has 0 amide bonds. The molecule has 3 heterocycles. The number of carbonyl (C=O) groups is 1. The summed E-state index contributed by atoms with van der Waals surface area (Å²) in [5.41, 5.74) is 3.71. The van der Waals surface area contributed by atoms with Gasteiger partial charge in [-0.1, -0.05) is 12.1 Å². The number of nitrogens with one attached hydrogen (secondary N) is 1. The first-order chi connectivity index (χ1) is 15.5. The highest BCUT2D eigenvalue weighted by atomic mass is 16.5. The number of ketones is 1. The first kappa shape index (κ1) is 20.7. The zero-order valence-corrected chi connectivity index (χ0v) is 18.5. The lowest BCUT2D eigenvalue weighted by Crippen LogP contribution is -2.48. The van der Waals surface area contributed by atoms with Crippen LogP contribution in [-0.2, 0) is 6.54 Å². The lowest BCUT2D eigenvalue weighted by atomic mass is 9.91. The number of fused-ring (bicyclic) bond motifs is 2. The van der Waals surface area contributed by atoms with Crippen LogP contribution >= 0.6 is 0 Å². The highest BCUT2D eigenvalue weighted by Crippen LogP contribution is 2.29. The average molecular weight is 433 g/mol. The number of piperidine rings is 1. The molecule has 1 saturated heterocycles. The number of hydrogen-bond donors (Lipinski definition) is 2. The summed E-state index contributed by atoms with van der Waals surface area (Å²) in [7, 11) is 1.63. The number of likely N-dealkylation sites (tertiary alicyclic amines) is 1. The van der Waals surface area contributed by atoms with E-state index in [4.69, 9.17) is 4.74 Å². The van der Waals surface area contributed by atoms with Gasteiger partial charge in [-0.05, 0) is 50.1 Å². The molecule has 7 heteroatoms.